The van der Waals surface area contributed by atoms with Gasteiger partial charge in [-0.2, -0.15) is 0 Å². The first-order valence-corrected chi connectivity index (χ1v) is 8.89. The molecule has 128 valence electrons. The molecule has 4 heteroatoms. The topological polar surface area (TPSA) is 38.3 Å². The molecule has 1 aromatic carbocycles. The highest BCUT2D eigenvalue weighted by atomic mass is 19.1. The molecular weight excluding hydrogens is 305 g/mol. The van der Waals surface area contributed by atoms with Gasteiger partial charge in [-0.1, -0.05) is 6.07 Å². The van der Waals surface area contributed by atoms with E-state index >= 15 is 0 Å². The van der Waals surface area contributed by atoms with Crippen molar-refractivity contribution in [3.8, 4) is 5.75 Å². The SMILES string of the molecule is COc1ccc(/C=C/C(=O)NC23CC4CC(CC(C4)C2)C3)cc1F. The summed E-state index contributed by atoms with van der Waals surface area (Å²) in [5.41, 5.74) is 0.676. The number of carbonyl (C=O) groups is 1. The average Bonchev–Trinajstić information content (AvgIpc) is 2.51. The lowest BCUT2D eigenvalue weighted by Gasteiger charge is -2.56. The zero-order valence-electron chi connectivity index (χ0n) is 14.1. The van der Waals surface area contributed by atoms with Gasteiger partial charge in [-0.15, -0.1) is 0 Å². The normalized spacial score (nSPS) is 33.8. The summed E-state index contributed by atoms with van der Waals surface area (Å²) in [6.07, 6.45) is 10.7. The molecule has 4 aliphatic carbocycles. The minimum Gasteiger partial charge on any atom is -0.494 e. The molecule has 1 amide bonds. The molecule has 3 nitrogen and oxygen atoms in total. The molecule has 5 rings (SSSR count). The van der Waals surface area contributed by atoms with Gasteiger partial charge in [0.1, 0.15) is 0 Å². The highest BCUT2D eigenvalue weighted by Gasteiger charge is 2.51. The van der Waals surface area contributed by atoms with Crippen LogP contribution in [-0.2, 0) is 4.79 Å². The third-order valence-corrected chi connectivity index (χ3v) is 6.03. The minimum absolute atomic E-state index is 0.0152. The molecule has 0 aromatic heterocycles. The minimum atomic E-state index is -0.416. The number of carbonyl (C=O) groups excluding carboxylic acids is 1. The quantitative estimate of drug-likeness (QED) is 0.850. The van der Waals surface area contributed by atoms with Gasteiger partial charge in [-0.05, 0) is 80.1 Å². The maximum atomic E-state index is 13.7. The fraction of sp³-hybridized carbons (Fsp3) is 0.550. The van der Waals surface area contributed by atoms with Crippen LogP contribution in [0.5, 0.6) is 5.75 Å². The molecule has 0 aliphatic heterocycles. The second-order valence-corrected chi connectivity index (χ2v) is 7.91. The van der Waals surface area contributed by atoms with E-state index in [0.29, 0.717) is 5.56 Å². The number of nitrogens with one attached hydrogen (secondary N) is 1. The number of amides is 1. The van der Waals surface area contributed by atoms with Gasteiger partial charge in [-0.3, -0.25) is 4.79 Å². The van der Waals surface area contributed by atoms with E-state index in [1.165, 1.54) is 38.5 Å². The van der Waals surface area contributed by atoms with E-state index in [1.807, 2.05) is 0 Å². The second-order valence-electron chi connectivity index (χ2n) is 7.91. The molecule has 0 atom stereocenters. The van der Waals surface area contributed by atoms with Crippen molar-refractivity contribution in [1.82, 2.24) is 5.32 Å². The van der Waals surface area contributed by atoms with Crippen LogP contribution in [0.3, 0.4) is 0 Å². The number of halogens is 1. The van der Waals surface area contributed by atoms with E-state index in [1.54, 1.807) is 18.2 Å². The van der Waals surface area contributed by atoms with Crippen LogP contribution < -0.4 is 10.1 Å². The molecule has 4 bridgehead atoms. The number of hydrogen-bond donors (Lipinski definition) is 1. The summed E-state index contributed by atoms with van der Waals surface area (Å²) >= 11 is 0. The van der Waals surface area contributed by atoms with Crippen molar-refractivity contribution >= 4 is 12.0 Å². The van der Waals surface area contributed by atoms with E-state index < -0.39 is 5.82 Å². The number of rotatable bonds is 4. The van der Waals surface area contributed by atoms with E-state index in [0.717, 1.165) is 37.0 Å². The maximum Gasteiger partial charge on any atom is 0.244 e. The smallest absolute Gasteiger partial charge is 0.244 e. The zero-order chi connectivity index (χ0) is 16.7. The van der Waals surface area contributed by atoms with Crippen LogP contribution >= 0.6 is 0 Å². The van der Waals surface area contributed by atoms with Crippen LogP contribution in [0, 0.1) is 23.6 Å². The molecular formula is C20H24FNO2. The number of ether oxygens (including phenoxy) is 1. The van der Waals surface area contributed by atoms with E-state index in [-0.39, 0.29) is 17.2 Å². The Kier molecular flexibility index (Phi) is 3.86. The standard InChI is InChI=1S/C20H24FNO2/c1-24-18-4-2-13(9-17(18)21)3-5-19(23)22-20-10-14-6-15(11-20)8-16(7-14)12-20/h2-5,9,14-16H,6-8,10-12H2,1H3,(H,22,23)/b5-3+. The highest BCUT2D eigenvalue weighted by Crippen LogP contribution is 2.55. The third kappa shape index (κ3) is 2.94. The first-order valence-electron chi connectivity index (χ1n) is 8.89. The monoisotopic (exact) mass is 329 g/mol. The van der Waals surface area contributed by atoms with Gasteiger partial charge in [0.25, 0.3) is 0 Å². The molecule has 4 fully saturated rings. The largest absolute Gasteiger partial charge is 0.494 e. The van der Waals surface area contributed by atoms with Gasteiger partial charge in [0, 0.05) is 11.6 Å². The predicted octanol–water partition coefficient (Wildman–Crippen LogP) is 3.93. The van der Waals surface area contributed by atoms with Crippen LogP contribution in [-0.4, -0.2) is 18.6 Å². The van der Waals surface area contributed by atoms with Crippen molar-refractivity contribution in [3.05, 3.63) is 35.7 Å². The van der Waals surface area contributed by atoms with Crippen molar-refractivity contribution in [2.24, 2.45) is 17.8 Å². The first kappa shape index (κ1) is 15.7. The van der Waals surface area contributed by atoms with Gasteiger partial charge in [0.2, 0.25) is 5.91 Å². The second kappa shape index (κ2) is 5.91. The van der Waals surface area contributed by atoms with Gasteiger partial charge in [0.15, 0.2) is 11.6 Å². The first-order chi connectivity index (χ1) is 11.5. The summed E-state index contributed by atoms with van der Waals surface area (Å²) < 4.78 is 18.6. The van der Waals surface area contributed by atoms with Crippen molar-refractivity contribution in [3.63, 3.8) is 0 Å². The summed E-state index contributed by atoms with van der Waals surface area (Å²) in [5, 5.41) is 3.29. The van der Waals surface area contributed by atoms with E-state index in [9.17, 15) is 9.18 Å². The number of benzene rings is 1. The summed E-state index contributed by atoms with van der Waals surface area (Å²) in [7, 11) is 1.44. The van der Waals surface area contributed by atoms with Crippen LogP contribution in [0.4, 0.5) is 4.39 Å². The zero-order valence-corrected chi connectivity index (χ0v) is 14.1. The van der Waals surface area contributed by atoms with Crippen LogP contribution in [0.1, 0.15) is 44.1 Å². The Morgan fingerprint density at radius 3 is 2.38 bits per heavy atom. The van der Waals surface area contributed by atoms with Crippen molar-refractivity contribution in [2.75, 3.05) is 7.11 Å². The van der Waals surface area contributed by atoms with Gasteiger partial charge in [-0.25, -0.2) is 4.39 Å². The molecule has 0 saturated heterocycles. The predicted molar refractivity (Wildman–Crippen MR) is 91.0 cm³/mol. The highest BCUT2D eigenvalue weighted by molar-refractivity contribution is 5.92. The molecule has 0 spiro atoms. The Hall–Kier alpha value is -1.84. The molecule has 0 heterocycles. The molecule has 0 radical (unpaired) electrons. The van der Waals surface area contributed by atoms with Gasteiger partial charge < -0.3 is 10.1 Å². The maximum absolute atomic E-state index is 13.7. The van der Waals surface area contributed by atoms with Gasteiger partial charge in [0.05, 0.1) is 7.11 Å². The van der Waals surface area contributed by atoms with Crippen molar-refractivity contribution < 1.29 is 13.9 Å². The fourth-order valence-electron chi connectivity index (χ4n) is 5.52. The third-order valence-electron chi connectivity index (χ3n) is 6.03. The summed E-state index contributed by atoms with van der Waals surface area (Å²) in [6.45, 7) is 0. The fourth-order valence-corrected chi connectivity index (χ4v) is 5.52. The Morgan fingerprint density at radius 2 is 1.83 bits per heavy atom. The Bertz CT molecular complexity index is 647. The number of hydrogen-bond acceptors (Lipinski definition) is 2. The molecule has 4 aliphatic rings. The summed E-state index contributed by atoms with van der Waals surface area (Å²) in [4.78, 5) is 12.4. The van der Waals surface area contributed by atoms with Crippen LogP contribution in [0.2, 0.25) is 0 Å². The molecule has 1 N–H and O–H groups in total. The Morgan fingerprint density at radius 1 is 1.21 bits per heavy atom. The van der Waals surface area contributed by atoms with E-state index in [2.05, 4.69) is 5.32 Å². The molecule has 4 saturated carbocycles. The van der Waals surface area contributed by atoms with Crippen LogP contribution in [0.25, 0.3) is 6.08 Å². The molecule has 1 aromatic rings. The van der Waals surface area contributed by atoms with Crippen molar-refractivity contribution in [1.29, 1.82) is 0 Å². The summed E-state index contributed by atoms with van der Waals surface area (Å²) in [5.74, 6) is 2.14. The van der Waals surface area contributed by atoms with Crippen molar-refractivity contribution in [2.45, 2.75) is 44.1 Å². The Balaban J connectivity index is 1.42. The molecule has 0 unspecified atom stereocenters. The Labute approximate surface area is 142 Å². The molecule has 24 heavy (non-hydrogen) atoms. The lowest BCUT2D eigenvalue weighted by atomic mass is 9.53. The lowest BCUT2D eigenvalue weighted by molar-refractivity contribution is -0.122. The summed E-state index contributed by atoms with van der Waals surface area (Å²) in [6, 6.07) is 4.70. The van der Waals surface area contributed by atoms with E-state index in [4.69, 9.17) is 4.74 Å². The number of methoxy groups -OCH3 is 1. The average molecular weight is 329 g/mol. The lowest BCUT2D eigenvalue weighted by Crippen LogP contribution is -2.59. The van der Waals surface area contributed by atoms with Gasteiger partial charge >= 0.3 is 0 Å². The van der Waals surface area contributed by atoms with Crippen LogP contribution in [0.15, 0.2) is 24.3 Å².